The van der Waals surface area contributed by atoms with E-state index >= 15 is 0 Å². The van der Waals surface area contributed by atoms with Crippen LogP contribution in [0.5, 0.6) is 0 Å². The molecule has 0 N–H and O–H groups in total. The summed E-state index contributed by atoms with van der Waals surface area (Å²) in [6.45, 7) is 7.78. The second-order valence-electron chi connectivity index (χ2n) is 2.75. The normalized spacial score (nSPS) is 14.6. The van der Waals surface area contributed by atoms with Gasteiger partial charge in [-0.25, -0.2) is 0 Å². The molecule has 1 unspecified atom stereocenters. The summed E-state index contributed by atoms with van der Waals surface area (Å²) in [5, 5.41) is 0. The lowest BCUT2D eigenvalue weighted by Gasteiger charge is -2.09. The smallest absolute Gasteiger partial charge is 0.0531 e. The molecule has 0 fully saturated rings. The van der Waals surface area contributed by atoms with Crippen LogP contribution in [0, 0.1) is 5.92 Å². The van der Waals surface area contributed by atoms with Crippen LogP contribution in [0.15, 0.2) is 24.3 Å². The second kappa shape index (κ2) is 8.54. The van der Waals surface area contributed by atoms with E-state index in [-0.39, 0.29) is 0 Å². The van der Waals surface area contributed by atoms with E-state index < -0.39 is 0 Å². The van der Waals surface area contributed by atoms with Crippen molar-refractivity contribution < 1.29 is 4.74 Å². The summed E-state index contributed by atoms with van der Waals surface area (Å²) in [4.78, 5) is 0. The molecule has 1 heteroatoms. The van der Waals surface area contributed by atoms with Crippen molar-refractivity contribution in [2.75, 3.05) is 13.2 Å². The maximum absolute atomic E-state index is 5.36. The van der Waals surface area contributed by atoms with Crippen LogP contribution in [0.3, 0.4) is 0 Å². The van der Waals surface area contributed by atoms with E-state index in [1.165, 1.54) is 0 Å². The summed E-state index contributed by atoms with van der Waals surface area (Å²) in [6, 6.07) is 0. The third kappa shape index (κ3) is 6.17. The van der Waals surface area contributed by atoms with Gasteiger partial charge in [0, 0.05) is 12.5 Å². The molecular weight excluding hydrogens is 148 g/mol. The molecular formula is C11H20O. The number of allylic oxidation sites excluding steroid dienone is 3. The highest BCUT2D eigenvalue weighted by atomic mass is 16.5. The quantitative estimate of drug-likeness (QED) is 0.553. The van der Waals surface area contributed by atoms with Crippen molar-refractivity contribution in [3.05, 3.63) is 24.3 Å². The highest BCUT2D eigenvalue weighted by Gasteiger charge is 2.00. The van der Waals surface area contributed by atoms with Crippen molar-refractivity contribution >= 4 is 0 Å². The Morgan fingerprint density at radius 1 is 1.25 bits per heavy atom. The molecule has 0 bridgehead atoms. The maximum atomic E-state index is 5.36. The van der Waals surface area contributed by atoms with E-state index in [9.17, 15) is 0 Å². The van der Waals surface area contributed by atoms with E-state index in [0.29, 0.717) is 5.92 Å². The van der Waals surface area contributed by atoms with E-state index in [4.69, 9.17) is 4.74 Å². The minimum Gasteiger partial charge on any atom is -0.381 e. The Bertz CT molecular complexity index is 136. The van der Waals surface area contributed by atoms with Gasteiger partial charge < -0.3 is 4.74 Å². The summed E-state index contributed by atoms with van der Waals surface area (Å²) in [5.74, 6) is 0.547. The van der Waals surface area contributed by atoms with Crippen molar-refractivity contribution in [3.63, 3.8) is 0 Å². The Balaban J connectivity index is 3.69. The first kappa shape index (κ1) is 11.4. The molecule has 0 aromatic heterocycles. The molecule has 0 amide bonds. The molecule has 1 atom stereocenters. The standard InChI is InChI=1S/C11H20O/c1-4-7-9-11(8-5-2)10-12-6-3/h4-5,7-8,11H,6,9-10H2,1-3H3. The zero-order valence-corrected chi connectivity index (χ0v) is 8.42. The van der Waals surface area contributed by atoms with Gasteiger partial charge in [0.2, 0.25) is 0 Å². The fourth-order valence-electron chi connectivity index (χ4n) is 1.05. The predicted octanol–water partition coefficient (Wildman–Crippen LogP) is 3.18. The van der Waals surface area contributed by atoms with Crippen molar-refractivity contribution in [2.24, 2.45) is 5.92 Å². The lowest BCUT2D eigenvalue weighted by molar-refractivity contribution is 0.125. The Kier molecular flexibility index (Phi) is 8.14. The second-order valence-corrected chi connectivity index (χ2v) is 2.75. The number of rotatable bonds is 6. The monoisotopic (exact) mass is 168 g/mol. The molecule has 12 heavy (non-hydrogen) atoms. The van der Waals surface area contributed by atoms with Gasteiger partial charge in [0.1, 0.15) is 0 Å². The summed E-state index contributed by atoms with van der Waals surface area (Å²) in [7, 11) is 0. The Labute approximate surface area is 76.1 Å². The number of hydrogen-bond acceptors (Lipinski definition) is 1. The summed E-state index contributed by atoms with van der Waals surface area (Å²) < 4.78 is 5.36. The van der Waals surface area contributed by atoms with Gasteiger partial charge in [-0.2, -0.15) is 0 Å². The molecule has 1 nitrogen and oxygen atoms in total. The zero-order valence-electron chi connectivity index (χ0n) is 8.42. The molecule has 0 aliphatic heterocycles. The van der Waals surface area contributed by atoms with E-state index in [1.54, 1.807) is 0 Å². The van der Waals surface area contributed by atoms with Gasteiger partial charge in [-0.1, -0.05) is 24.3 Å². The molecule has 0 saturated heterocycles. The molecule has 0 aliphatic carbocycles. The average molecular weight is 168 g/mol. The summed E-state index contributed by atoms with van der Waals surface area (Å²) in [6.07, 6.45) is 9.65. The minimum atomic E-state index is 0.547. The third-order valence-electron chi connectivity index (χ3n) is 1.68. The molecule has 0 spiro atoms. The van der Waals surface area contributed by atoms with Gasteiger partial charge in [-0.15, -0.1) is 0 Å². The Morgan fingerprint density at radius 3 is 2.50 bits per heavy atom. The van der Waals surface area contributed by atoms with E-state index in [2.05, 4.69) is 31.2 Å². The van der Waals surface area contributed by atoms with Crippen LogP contribution in [0.25, 0.3) is 0 Å². The van der Waals surface area contributed by atoms with Crippen molar-refractivity contribution in [1.29, 1.82) is 0 Å². The van der Waals surface area contributed by atoms with Gasteiger partial charge in [-0.05, 0) is 27.2 Å². The largest absolute Gasteiger partial charge is 0.381 e. The van der Waals surface area contributed by atoms with Crippen LogP contribution in [-0.4, -0.2) is 13.2 Å². The molecule has 0 aromatic rings. The molecule has 0 rings (SSSR count). The molecule has 0 aliphatic rings. The third-order valence-corrected chi connectivity index (χ3v) is 1.68. The highest BCUT2D eigenvalue weighted by Crippen LogP contribution is 2.06. The zero-order chi connectivity index (χ0) is 9.23. The van der Waals surface area contributed by atoms with Gasteiger partial charge in [0.15, 0.2) is 0 Å². The van der Waals surface area contributed by atoms with Crippen LogP contribution in [0.1, 0.15) is 27.2 Å². The number of ether oxygens (including phenoxy) is 1. The minimum absolute atomic E-state index is 0.547. The molecule has 70 valence electrons. The lowest BCUT2D eigenvalue weighted by atomic mass is 10.1. The first-order valence-corrected chi connectivity index (χ1v) is 4.66. The fourth-order valence-corrected chi connectivity index (χ4v) is 1.05. The van der Waals surface area contributed by atoms with Gasteiger partial charge >= 0.3 is 0 Å². The molecule has 0 saturated carbocycles. The first-order chi connectivity index (χ1) is 5.85. The fraction of sp³-hybridized carbons (Fsp3) is 0.636. The van der Waals surface area contributed by atoms with Crippen LogP contribution in [0.4, 0.5) is 0 Å². The average Bonchev–Trinajstić information content (AvgIpc) is 2.10. The highest BCUT2D eigenvalue weighted by molar-refractivity contribution is 4.91. The maximum Gasteiger partial charge on any atom is 0.0531 e. The van der Waals surface area contributed by atoms with Crippen molar-refractivity contribution in [3.8, 4) is 0 Å². The summed E-state index contributed by atoms with van der Waals surface area (Å²) in [5.41, 5.74) is 0. The SMILES string of the molecule is CC=CCC(C=CC)COCC. The first-order valence-electron chi connectivity index (χ1n) is 4.66. The number of hydrogen-bond donors (Lipinski definition) is 0. The molecule has 0 heterocycles. The van der Waals surface area contributed by atoms with Crippen LogP contribution in [-0.2, 0) is 4.74 Å². The predicted molar refractivity (Wildman–Crippen MR) is 54.2 cm³/mol. The molecule has 0 aromatic carbocycles. The topological polar surface area (TPSA) is 9.23 Å². The van der Waals surface area contributed by atoms with Crippen LogP contribution in [0.2, 0.25) is 0 Å². The Hall–Kier alpha value is -0.560. The van der Waals surface area contributed by atoms with E-state index in [0.717, 1.165) is 19.6 Å². The van der Waals surface area contributed by atoms with Crippen molar-refractivity contribution in [1.82, 2.24) is 0 Å². The Morgan fingerprint density at radius 2 is 2.00 bits per heavy atom. The summed E-state index contributed by atoms with van der Waals surface area (Å²) >= 11 is 0. The van der Waals surface area contributed by atoms with Gasteiger partial charge in [-0.3, -0.25) is 0 Å². The van der Waals surface area contributed by atoms with Crippen LogP contribution >= 0.6 is 0 Å². The van der Waals surface area contributed by atoms with Gasteiger partial charge in [0.05, 0.1) is 6.61 Å². The van der Waals surface area contributed by atoms with Gasteiger partial charge in [0.25, 0.3) is 0 Å². The van der Waals surface area contributed by atoms with E-state index in [1.807, 2.05) is 13.8 Å². The van der Waals surface area contributed by atoms with Crippen LogP contribution < -0.4 is 0 Å². The van der Waals surface area contributed by atoms with Crippen molar-refractivity contribution in [2.45, 2.75) is 27.2 Å². The molecule has 0 radical (unpaired) electrons. The lowest BCUT2D eigenvalue weighted by Crippen LogP contribution is -2.05.